The van der Waals surface area contributed by atoms with Gasteiger partial charge in [0, 0.05) is 59.9 Å². The van der Waals surface area contributed by atoms with Crippen LogP contribution in [0.4, 0.5) is 5.69 Å². The minimum atomic E-state index is 0.287. The number of piperazine rings is 1. The van der Waals surface area contributed by atoms with Crippen LogP contribution in [-0.4, -0.2) is 69.4 Å². The van der Waals surface area contributed by atoms with Crippen LogP contribution < -0.4 is 9.64 Å². The molecular formula is C30H33N7O. The highest BCUT2D eigenvalue weighted by Gasteiger charge is 2.20. The number of aromatic nitrogens is 5. The number of hydrogen-bond donors (Lipinski definition) is 2. The third-order valence-corrected chi connectivity index (χ3v) is 8.05. The largest absolute Gasteiger partial charge is 0.489 e. The molecule has 7 rings (SSSR count). The number of pyridine rings is 2. The molecule has 2 fully saturated rings. The van der Waals surface area contributed by atoms with Gasteiger partial charge in [-0.3, -0.25) is 15.1 Å². The fourth-order valence-corrected chi connectivity index (χ4v) is 5.87. The molecule has 2 N–H and O–H groups in total. The number of fused-ring (bicyclic) bond motifs is 2. The second-order valence-electron chi connectivity index (χ2n) is 10.7. The van der Waals surface area contributed by atoms with Crippen LogP contribution in [0.1, 0.15) is 32.1 Å². The molecule has 0 unspecified atom stereocenters. The maximum atomic E-state index is 6.26. The third kappa shape index (κ3) is 4.39. The maximum Gasteiger partial charge on any atom is 0.138 e. The highest BCUT2D eigenvalue weighted by Crippen LogP contribution is 2.35. The minimum absolute atomic E-state index is 0.287. The van der Waals surface area contributed by atoms with Crippen LogP contribution in [0.25, 0.3) is 44.5 Å². The van der Waals surface area contributed by atoms with Gasteiger partial charge >= 0.3 is 0 Å². The molecule has 194 valence electrons. The van der Waals surface area contributed by atoms with Crippen LogP contribution >= 0.6 is 0 Å². The summed E-state index contributed by atoms with van der Waals surface area (Å²) in [6.07, 6.45) is 11.8. The van der Waals surface area contributed by atoms with Gasteiger partial charge in [-0.1, -0.05) is 12.5 Å². The smallest absolute Gasteiger partial charge is 0.138 e. The molecular weight excluding hydrogens is 474 g/mol. The summed E-state index contributed by atoms with van der Waals surface area (Å²) < 4.78 is 6.26. The lowest BCUT2D eigenvalue weighted by atomic mass is 9.98. The second-order valence-corrected chi connectivity index (χ2v) is 10.7. The Labute approximate surface area is 222 Å². The van der Waals surface area contributed by atoms with Gasteiger partial charge in [-0.25, -0.2) is 0 Å². The van der Waals surface area contributed by atoms with Crippen molar-refractivity contribution in [1.82, 2.24) is 30.0 Å². The van der Waals surface area contributed by atoms with Gasteiger partial charge in [0.25, 0.3) is 0 Å². The van der Waals surface area contributed by atoms with Gasteiger partial charge in [-0.05, 0) is 63.1 Å². The SMILES string of the molecule is CN1CCN(c2cccc3[nH]c(-c4n[nH]c5cnc(-c6cncc(OC7CCCCC7)c6)cc45)cc23)CC1. The Morgan fingerprint density at radius 2 is 1.76 bits per heavy atom. The Bertz CT molecular complexity index is 1570. The van der Waals surface area contributed by atoms with Crippen molar-refractivity contribution in [3.8, 4) is 28.4 Å². The lowest BCUT2D eigenvalue weighted by molar-refractivity contribution is 0.154. The Morgan fingerprint density at radius 1 is 0.895 bits per heavy atom. The number of H-pyrrole nitrogens is 2. The molecule has 0 atom stereocenters. The van der Waals surface area contributed by atoms with Crippen LogP contribution in [0.5, 0.6) is 5.75 Å². The molecule has 38 heavy (non-hydrogen) atoms. The maximum absolute atomic E-state index is 6.26. The fraction of sp³-hybridized carbons (Fsp3) is 0.367. The number of anilines is 1. The molecule has 8 heteroatoms. The first kappa shape index (κ1) is 23.2. The first-order valence-electron chi connectivity index (χ1n) is 13.7. The summed E-state index contributed by atoms with van der Waals surface area (Å²) in [5.74, 6) is 0.816. The summed E-state index contributed by atoms with van der Waals surface area (Å²) in [6, 6.07) is 12.9. The predicted octanol–water partition coefficient (Wildman–Crippen LogP) is 5.63. The van der Waals surface area contributed by atoms with Crippen molar-refractivity contribution in [2.24, 2.45) is 0 Å². The van der Waals surface area contributed by atoms with E-state index in [0.717, 1.165) is 83.8 Å². The van der Waals surface area contributed by atoms with Crippen LogP contribution in [0.2, 0.25) is 0 Å². The molecule has 1 saturated carbocycles. The Balaban J connectivity index is 1.22. The Kier molecular flexibility index (Phi) is 5.96. The first-order chi connectivity index (χ1) is 18.7. The average Bonchev–Trinajstić information content (AvgIpc) is 3.58. The quantitative estimate of drug-likeness (QED) is 0.321. The second kappa shape index (κ2) is 9.76. The van der Waals surface area contributed by atoms with Crippen molar-refractivity contribution in [3.63, 3.8) is 0 Å². The van der Waals surface area contributed by atoms with Gasteiger partial charge < -0.3 is 19.5 Å². The number of benzene rings is 1. The summed E-state index contributed by atoms with van der Waals surface area (Å²) in [4.78, 5) is 17.7. The number of nitrogens with one attached hydrogen (secondary N) is 2. The standard InChI is InChI=1S/C30H33N7O/c1-36-10-12-37(13-11-36)29-9-5-8-25-23(29)15-27(33-25)30-24-16-26(32-19-28(24)34-35-30)20-14-22(18-31-17-20)38-21-6-3-2-4-7-21/h5,8-9,14-19,21,33H,2-4,6-7,10-13H2,1H3,(H,34,35). The monoisotopic (exact) mass is 507 g/mol. The normalized spacial score (nSPS) is 17.4. The molecule has 0 amide bonds. The molecule has 8 nitrogen and oxygen atoms in total. The predicted molar refractivity (Wildman–Crippen MR) is 152 cm³/mol. The highest BCUT2D eigenvalue weighted by molar-refractivity contribution is 6.00. The van der Waals surface area contributed by atoms with Gasteiger partial charge in [0.05, 0.1) is 35.4 Å². The zero-order valence-electron chi connectivity index (χ0n) is 21.8. The van der Waals surface area contributed by atoms with E-state index in [9.17, 15) is 0 Å². The molecule has 0 bridgehead atoms. The lowest BCUT2D eigenvalue weighted by Crippen LogP contribution is -2.44. The molecule has 0 spiro atoms. The van der Waals surface area contributed by atoms with E-state index in [4.69, 9.17) is 9.72 Å². The van der Waals surface area contributed by atoms with Gasteiger partial charge in [-0.15, -0.1) is 0 Å². The average molecular weight is 508 g/mol. The van der Waals surface area contributed by atoms with Crippen LogP contribution in [-0.2, 0) is 0 Å². The number of hydrogen-bond acceptors (Lipinski definition) is 6. The third-order valence-electron chi connectivity index (χ3n) is 8.05. The fourth-order valence-electron chi connectivity index (χ4n) is 5.87. The number of aromatic amines is 2. The van der Waals surface area contributed by atoms with E-state index in [1.807, 2.05) is 18.6 Å². The first-order valence-corrected chi connectivity index (χ1v) is 13.7. The molecule has 1 aliphatic heterocycles. The molecule has 1 saturated heterocycles. The van der Waals surface area contributed by atoms with Crippen molar-refractivity contribution in [3.05, 3.63) is 55.0 Å². The van der Waals surface area contributed by atoms with Gasteiger partial charge in [0.2, 0.25) is 0 Å². The molecule has 1 aliphatic carbocycles. The number of nitrogens with zero attached hydrogens (tertiary/aromatic N) is 5. The van der Waals surface area contributed by atoms with E-state index < -0.39 is 0 Å². The van der Waals surface area contributed by atoms with E-state index in [1.165, 1.54) is 30.3 Å². The van der Waals surface area contributed by atoms with Crippen molar-refractivity contribution < 1.29 is 4.74 Å². The van der Waals surface area contributed by atoms with E-state index in [0.29, 0.717) is 0 Å². The van der Waals surface area contributed by atoms with Crippen LogP contribution in [0.3, 0.4) is 0 Å². The highest BCUT2D eigenvalue weighted by atomic mass is 16.5. The van der Waals surface area contributed by atoms with Gasteiger partial charge in [0.1, 0.15) is 11.4 Å². The van der Waals surface area contributed by atoms with Crippen molar-refractivity contribution >= 4 is 27.5 Å². The van der Waals surface area contributed by atoms with E-state index >= 15 is 0 Å². The minimum Gasteiger partial charge on any atom is -0.489 e. The summed E-state index contributed by atoms with van der Waals surface area (Å²) in [6.45, 7) is 4.23. The molecule has 2 aliphatic rings. The zero-order chi connectivity index (χ0) is 25.5. The summed E-state index contributed by atoms with van der Waals surface area (Å²) in [7, 11) is 2.19. The summed E-state index contributed by atoms with van der Waals surface area (Å²) >= 11 is 0. The number of ether oxygens (including phenoxy) is 1. The zero-order valence-corrected chi connectivity index (χ0v) is 21.8. The molecule has 1 aromatic carbocycles. The van der Waals surface area contributed by atoms with Gasteiger partial charge in [-0.2, -0.15) is 5.10 Å². The lowest BCUT2D eigenvalue weighted by Gasteiger charge is -2.34. The van der Waals surface area contributed by atoms with Crippen molar-refractivity contribution in [2.45, 2.75) is 38.2 Å². The Hall–Kier alpha value is -3.91. The van der Waals surface area contributed by atoms with Crippen molar-refractivity contribution in [1.29, 1.82) is 0 Å². The molecule has 5 heterocycles. The van der Waals surface area contributed by atoms with E-state index in [2.05, 4.69) is 73.4 Å². The van der Waals surface area contributed by atoms with Crippen molar-refractivity contribution in [2.75, 3.05) is 38.1 Å². The van der Waals surface area contributed by atoms with Crippen LogP contribution in [0, 0.1) is 0 Å². The topological polar surface area (TPSA) is 86.0 Å². The Morgan fingerprint density at radius 3 is 2.63 bits per heavy atom. The summed E-state index contributed by atoms with van der Waals surface area (Å²) in [5, 5.41) is 10.1. The van der Waals surface area contributed by atoms with E-state index in [-0.39, 0.29) is 6.10 Å². The number of likely N-dealkylation sites (N-methyl/N-ethyl adjacent to an activating group) is 1. The molecule has 0 radical (unpaired) electrons. The molecule has 5 aromatic rings. The van der Waals surface area contributed by atoms with Gasteiger partial charge in [0.15, 0.2) is 0 Å². The van der Waals surface area contributed by atoms with Crippen LogP contribution in [0.15, 0.2) is 55.0 Å². The summed E-state index contributed by atoms with van der Waals surface area (Å²) in [5.41, 5.74) is 7.01. The molecule has 4 aromatic heterocycles. The van der Waals surface area contributed by atoms with E-state index in [1.54, 1.807) is 0 Å². The number of rotatable bonds is 5.